The molecule has 9 heteroatoms. The van der Waals surface area contributed by atoms with Crippen molar-refractivity contribution in [2.75, 3.05) is 31.6 Å². The molecule has 2 atom stereocenters. The molecule has 0 radical (unpaired) electrons. The molecule has 2 bridgehead atoms. The summed E-state index contributed by atoms with van der Waals surface area (Å²) in [6.45, 7) is 3.42. The van der Waals surface area contributed by atoms with Gasteiger partial charge in [-0.3, -0.25) is 4.90 Å². The van der Waals surface area contributed by atoms with Crippen LogP contribution < -0.4 is 4.90 Å². The number of hydrogen-bond donors (Lipinski definition) is 0. The number of nitrogens with zero attached hydrogens (tertiary/aromatic N) is 4. The van der Waals surface area contributed by atoms with Crippen molar-refractivity contribution in [1.29, 1.82) is 0 Å². The molecule has 4 rings (SSSR count). The lowest BCUT2D eigenvalue weighted by atomic mass is 10.1. The summed E-state index contributed by atoms with van der Waals surface area (Å²) in [6, 6.07) is 2.47. The Labute approximate surface area is 169 Å². The summed E-state index contributed by atoms with van der Waals surface area (Å²) < 4.78 is 20.0. The van der Waals surface area contributed by atoms with Crippen molar-refractivity contribution in [2.24, 2.45) is 0 Å². The van der Waals surface area contributed by atoms with Gasteiger partial charge in [0.15, 0.2) is 5.82 Å². The Balaban J connectivity index is 1.88. The van der Waals surface area contributed by atoms with E-state index in [-0.39, 0.29) is 27.4 Å². The standard InChI is InChI=1S/C18H19BrClFN4O2/c1-3-27-18(26)16-22-15-11(6-12(20)13(19)14(15)21)17(23-16)25-7-9-4-5-10(8-25)24(9)2/h6,9-10H,3-5,7-8H2,1-2H3. The van der Waals surface area contributed by atoms with Crippen LogP contribution in [-0.2, 0) is 4.74 Å². The molecule has 2 saturated heterocycles. The molecule has 2 aromatic rings. The molecule has 0 amide bonds. The SMILES string of the molecule is CCOC(=O)c1nc(N2CC3CCC(C2)N3C)c2cc(Cl)c(Br)c(F)c2n1. The van der Waals surface area contributed by atoms with Gasteiger partial charge in [0, 0.05) is 30.6 Å². The maximum absolute atomic E-state index is 14.9. The fraction of sp³-hybridized carbons (Fsp3) is 0.500. The molecular weight excluding hydrogens is 439 g/mol. The summed E-state index contributed by atoms with van der Waals surface area (Å²) in [5, 5.41) is 0.739. The Morgan fingerprint density at radius 2 is 2.04 bits per heavy atom. The Bertz CT molecular complexity index is 914. The number of carbonyl (C=O) groups excluding carboxylic acids is 1. The average Bonchev–Trinajstić information content (AvgIpc) is 2.86. The molecular formula is C18H19BrClFN4O2. The molecule has 2 aliphatic heterocycles. The second-order valence-electron chi connectivity index (χ2n) is 6.93. The smallest absolute Gasteiger partial charge is 0.376 e. The Kier molecular flexibility index (Phi) is 4.98. The average molecular weight is 458 g/mol. The highest BCUT2D eigenvalue weighted by atomic mass is 79.9. The van der Waals surface area contributed by atoms with E-state index in [1.54, 1.807) is 13.0 Å². The second-order valence-corrected chi connectivity index (χ2v) is 8.13. The van der Waals surface area contributed by atoms with Crippen molar-refractivity contribution in [2.45, 2.75) is 31.8 Å². The van der Waals surface area contributed by atoms with Crippen molar-refractivity contribution in [3.05, 3.63) is 27.2 Å². The van der Waals surface area contributed by atoms with Gasteiger partial charge < -0.3 is 9.64 Å². The minimum atomic E-state index is -0.664. The zero-order valence-corrected chi connectivity index (χ0v) is 17.3. The van der Waals surface area contributed by atoms with Crippen LogP contribution in [0.3, 0.4) is 0 Å². The Hall–Kier alpha value is -1.51. The van der Waals surface area contributed by atoms with E-state index in [0.29, 0.717) is 23.3 Å². The zero-order chi connectivity index (χ0) is 19.3. The number of ether oxygens (including phenoxy) is 1. The molecule has 2 unspecified atom stereocenters. The summed E-state index contributed by atoms with van der Waals surface area (Å²) in [7, 11) is 2.13. The maximum Gasteiger partial charge on any atom is 0.376 e. The number of hydrogen-bond acceptors (Lipinski definition) is 6. The number of likely N-dealkylation sites (N-methyl/N-ethyl adjacent to an activating group) is 1. The highest BCUT2D eigenvalue weighted by Crippen LogP contribution is 2.37. The van der Waals surface area contributed by atoms with E-state index in [9.17, 15) is 9.18 Å². The van der Waals surface area contributed by atoms with Crippen LogP contribution in [0.25, 0.3) is 10.9 Å². The van der Waals surface area contributed by atoms with Crippen LogP contribution in [0.15, 0.2) is 10.5 Å². The minimum absolute atomic E-state index is 0.0607. The van der Waals surface area contributed by atoms with Gasteiger partial charge in [0.1, 0.15) is 11.3 Å². The van der Waals surface area contributed by atoms with Crippen molar-refractivity contribution in [1.82, 2.24) is 14.9 Å². The number of esters is 1. The summed E-state index contributed by atoms with van der Waals surface area (Å²) in [5.74, 6) is -0.882. The van der Waals surface area contributed by atoms with Crippen LogP contribution >= 0.6 is 27.5 Å². The highest BCUT2D eigenvalue weighted by Gasteiger charge is 2.38. The molecule has 6 nitrogen and oxygen atoms in total. The lowest BCUT2D eigenvalue weighted by molar-refractivity contribution is 0.0512. The second kappa shape index (κ2) is 7.14. The first-order valence-electron chi connectivity index (χ1n) is 8.90. The third-order valence-corrected chi connectivity index (χ3v) is 6.71. The quantitative estimate of drug-likeness (QED) is 0.518. The van der Waals surface area contributed by atoms with Crippen molar-refractivity contribution in [3.63, 3.8) is 0 Å². The first-order chi connectivity index (χ1) is 12.9. The number of piperazine rings is 1. The minimum Gasteiger partial charge on any atom is -0.460 e. The molecule has 0 spiro atoms. The number of carbonyl (C=O) groups is 1. The molecule has 1 aromatic heterocycles. The van der Waals surface area contributed by atoms with Crippen molar-refractivity contribution >= 4 is 50.2 Å². The van der Waals surface area contributed by atoms with E-state index >= 15 is 0 Å². The van der Waals surface area contributed by atoms with Crippen LogP contribution in [0.2, 0.25) is 5.02 Å². The maximum atomic E-state index is 14.9. The van der Waals surface area contributed by atoms with Gasteiger partial charge in [-0.15, -0.1) is 0 Å². The summed E-state index contributed by atoms with van der Waals surface area (Å²) in [6.07, 6.45) is 2.23. The molecule has 0 saturated carbocycles. The van der Waals surface area contributed by atoms with Crippen LogP contribution in [-0.4, -0.2) is 59.7 Å². The number of halogens is 3. The van der Waals surface area contributed by atoms with E-state index in [1.165, 1.54) is 0 Å². The Morgan fingerprint density at radius 3 is 2.67 bits per heavy atom. The molecule has 3 heterocycles. The molecule has 144 valence electrons. The van der Waals surface area contributed by atoms with Crippen LogP contribution in [0.4, 0.5) is 10.2 Å². The van der Waals surface area contributed by atoms with E-state index in [2.05, 4.69) is 42.7 Å². The predicted molar refractivity (Wildman–Crippen MR) is 105 cm³/mol. The number of anilines is 1. The number of benzene rings is 1. The van der Waals surface area contributed by atoms with Gasteiger partial charge in [0.05, 0.1) is 16.1 Å². The van der Waals surface area contributed by atoms with Gasteiger partial charge in [-0.25, -0.2) is 19.2 Å². The predicted octanol–water partition coefficient (Wildman–Crippen LogP) is 3.64. The number of rotatable bonds is 3. The van der Waals surface area contributed by atoms with Gasteiger partial charge in [-0.2, -0.15) is 0 Å². The van der Waals surface area contributed by atoms with Crippen LogP contribution in [0.1, 0.15) is 30.4 Å². The molecule has 0 N–H and O–H groups in total. The molecule has 2 fully saturated rings. The molecule has 1 aromatic carbocycles. The van der Waals surface area contributed by atoms with E-state index in [0.717, 1.165) is 25.9 Å². The summed E-state index contributed by atoms with van der Waals surface area (Å²) in [5.41, 5.74) is 0.0607. The third kappa shape index (κ3) is 3.17. The largest absolute Gasteiger partial charge is 0.460 e. The fourth-order valence-corrected chi connectivity index (χ4v) is 4.47. The van der Waals surface area contributed by atoms with E-state index < -0.39 is 11.8 Å². The molecule has 27 heavy (non-hydrogen) atoms. The topological polar surface area (TPSA) is 58.6 Å². The normalized spacial score (nSPS) is 22.5. The fourth-order valence-electron chi connectivity index (χ4n) is 3.97. The van der Waals surface area contributed by atoms with Gasteiger partial charge >= 0.3 is 5.97 Å². The van der Waals surface area contributed by atoms with Gasteiger partial charge in [0.2, 0.25) is 5.82 Å². The van der Waals surface area contributed by atoms with Gasteiger partial charge in [0.25, 0.3) is 0 Å². The molecule has 2 aliphatic rings. The first-order valence-corrected chi connectivity index (χ1v) is 10.1. The van der Waals surface area contributed by atoms with Gasteiger partial charge in [-0.05, 0) is 48.8 Å². The highest BCUT2D eigenvalue weighted by molar-refractivity contribution is 9.10. The zero-order valence-electron chi connectivity index (χ0n) is 15.0. The summed E-state index contributed by atoms with van der Waals surface area (Å²) >= 11 is 9.33. The Morgan fingerprint density at radius 1 is 1.37 bits per heavy atom. The first kappa shape index (κ1) is 18.8. The van der Waals surface area contributed by atoms with E-state index in [4.69, 9.17) is 16.3 Å². The van der Waals surface area contributed by atoms with Crippen LogP contribution in [0.5, 0.6) is 0 Å². The molecule has 0 aliphatic carbocycles. The summed E-state index contributed by atoms with van der Waals surface area (Å²) in [4.78, 5) is 25.3. The lowest BCUT2D eigenvalue weighted by Crippen LogP contribution is -2.52. The van der Waals surface area contributed by atoms with E-state index in [1.807, 2.05) is 0 Å². The number of aromatic nitrogens is 2. The third-order valence-electron chi connectivity index (χ3n) is 5.41. The lowest BCUT2D eigenvalue weighted by Gasteiger charge is -2.39. The van der Waals surface area contributed by atoms with Crippen molar-refractivity contribution < 1.29 is 13.9 Å². The monoisotopic (exact) mass is 456 g/mol. The van der Waals surface area contributed by atoms with Crippen molar-refractivity contribution in [3.8, 4) is 0 Å². The van der Waals surface area contributed by atoms with Gasteiger partial charge in [-0.1, -0.05) is 11.6 Å². The number of fused-ring (bicyclic) bond motifs is 3. The van der Waals surface area contributed by atoms with Crippen LogP contribution in [0, 0.1) is 5.82 Å².